The van der Waals surface area contributed by atoms with Gasteiger partial charge in [-0.1, -0.05) is 6.07 Å². The van der Waals surface area contributed by atoms with Crippen LogP contribution in [0.2, 0.25) is 0 Å². The first-order chi connectivity index (χ1) is 9.27. The molecule has 0 bridgehead atoms. The molecule has 0 aromatic heterocycles. The Morgan fingerprint density at radius 1 is 1.10 bits per heavy atom. The Kier molecular flexibility index (Phi) is 4.07. The van der Waals surface area contributed by atoms with E-state index < -0.39 is 17.6 Å². The molecule has 0 spiro atoms. The van der Waals surface area contributed by atoms with Crippen LogP contribution in [0.1, 0.15) is 5.56 Å². The lowest BCUT2D eigenvalue weighted by molar-refractivity contribution is -0.137. The Morgan fingerprint density at radius 3 is 2.45 bits per heavy atom. The van der Waals surface area contributed by atoms with E-state index in [-0.39, 0.29) is 17.1 Å². The van der Waals surface area contributed by atoms with Crippen LogP contribution in [0.15, 0.2) is 36.4 Å². The summed E-state index contributed by atoms with van der Waals surface area (Å²) >= 11 is 1.78. The second-order valence-corrected chi connectivity index (χ2v) is 5.22. The molecule has 0 saturated heterocycles. The third-order valence-corrected chi connectivity index (χ3v) is 3.39. The molecule has 2 aromatic rings. The van der Waals surface area contributed by atoms with Crippen molar-refractivity contribution < 1.29 is 17.6 Å². The first-order valence-electron chi connectivity index (χ1n) is 5.46. The summed E-state index contributed by atoms with van der Waals surface area (Å²) in [5, 5.41) is 2.68. The molecule has 0 atom stereocenters. The average Bonchev–Trinajstić information content (AvgIpc) is 2.35. The fourth-order valence-corrected chi connectivity index (χ4v) is 2.09. The molecule has 0 radical (unpaired) electrons. The molecule has 106 valence electrons. The van der Waals surface area contributed by atoms with Gasteiger partial charge in [-0.05, 0) is 46.9 Å². The average molecular weight is 396 g/mol. The standard InChI is InChI=1S/C13H9F4IN2/c14-9-5-12(11(19)6-10(9)18)20-8-3-1-2-7(4-8)13(15,16)17/h1-6,20H,19H2. The fraction of sp³-hybridized carbons (Fsp3) is 0.0769. The van der Waals surface area contributed by atoms with Gasteiger partial charge in [0.05, 0.1) is 20.5 Å². The maximum Gasteiger partial charge on any atom is 0.416 e. The van der Waals surface area contributed by atoms with Crippen molar-refractivity contribution in [1.82, 2.24) is 0 Å². The molecule has 2 aromatic carbocycles. The van der Waals surface area contributed by atoms with E-state index in [1.54, 1.807) is 22.6 Å². The largest absolute Gasteiger partial charge is 0.416 e. The van der Waals surface area contributed by atoms with Crippen molar-refractivity contribution in [2.75, 3.05) is 11.1 Å². The summed E-state index contributed by atoms with van der Waals surface area (Å²) in [7, 11) is 0. The van der Waals surface area contributed by atoms with E-state index in [0.29, 0.717) is 3.57 Å². The van der Waals surface area contributed by atoms with Crippen molar-refractivity contribution in [2.24, 2.45) is 0 Å². The van der Waals surface area contributed by atoms with E-state index in [1.165, 1.54) is 18.2 Å². The Balaban J connectivity index is 2.33. The smallest absolute Gasteiger partial charge is 0.397 e. The summed E-state index contributed by atoms with van der Waals surface area (Å²) < 4.78 is 51.6. The van der Waals surface area contributed by atoms with Gasteiger partial charge in [0.15, 0.2) is 0 Å². The molecule has 0 aliphatic carbocycles. The summed E-state index contributed by atoms with van der Waals surface area (Å²) in [6.07, 6.45) is -4.43. The number of benzene rings is 2. The zero-order chi connectivity index (χ0) is 14.9. The summed E-state index contributed by atoms with van der Waals surface area (Å²) in [6, 6.07) is 7.18. The van der Waals surface area contributed by atoms with Crippen LogP contribution in [-0.4, -0.2) is 0 Å². The molecular formula is C13H9F4IN2. The molecule has 0 heterocycles. The second-order valence-electron chi connectivity index (χ2n) is 4.06. The van der Waals surface area contributed by atoms with Crippen LogP contribution in [0.4, 0.5) is 34.6 Å². The zero-order valence-electron chi connectivity index (χ0n) is 9.93. The number of anilines is 3. The van der Waals surface area contributed by atoms with Gasteiger partial charge in [-0.3, -0.25) is 0 Å². The lowest BCUT2D eigenvalue weighted by Crippen LogP contribution is -2.05. The van der Waals surface area contributed by atoms with Crippen molar-refractivity contribution in [3.63, 3.8) is 0 Å². The second kappa shape index (κ2) is 5.47. The van der Waals surface area contributed by atoms with Gasteiger partial charge in [0.25, 0.3) is 0 Å². The molecule has 0 saturated carbocycles. The highest BCUT2D eigenvalue weighted by atomic mass is 127. The Bertz CT molecular complexity index is 641. The highest BCUT2D eigenvalue weighted by molar-refractivity contribution is 14.1. The predicted molar refractivity (Wildman–Crippen MR) is 78.3 cm³/mol. The van der Waals surface area contributed by atoms with Crippen LogP contribution in [0.25, 0.3) is 0 Å². The van der Waals surface area contributed by atoms with Crippen LogP contribution >= 0.6 is 22.6 Å². The molecule has 0 amide bonds. The molecule has 2 nitrogen and oxygen atoms in total. The first kappa shape index (κ1) is 14.9. The van der Waals surface area contributed by atoms with Crippen LogP contribution in [0.3, 0.4) is 0 Å². The van der Waals surface area contributed by atoms with E-state index in [2.05, 4.69) is 5.32 Å². The predicted octanol–water partition coefficient (Wildman–Crippen LogP) is 4.77. The van der Waals surface area contributed by atoms with Gasteiger partial charge in [0.1, 0.15) is 5.82 Å². The van der Waals surface area contributed by atoms with Gasteiger partial charge in [-0.25, -0.2) is 4.39 Å². The number of rotatable bonds is 2. The van der Waals surface area contributed by atoms with Gasteiger partial charge in [-0.15, -0.1) is 0 Å². The number of alkyl halides is 3. The van der Waals surface area contributed by atoms with Gasteiger partial charge in [0.2, 0.25) is 0 Å². The Hall–Kier alpha value is -1.51. The normalized spacial score (nSPS) is 11.4. The minimum absolute atomic E-state index is 0.187. The van der Waals surface area contributed by atoms with Crippen LogP contribution in [-0.2, 0) is 6.18 Å². The lowest BCUT2D eigenvalue weighted by Gasteiger charge is -2.12. The van der Waals surface area contributed by atoms with Gasteiger partial charge < -0.3 is 11.1 Å². The molecule has 3 N–H and O–H groups in total. The maximum absolute atomic E-state index is 13.4. The van der Waals surface area contributed by atoms with Gasteiger partial charge >= 0.3 is 6.18 Å². The zero-order valence-corrected chi connectivity index (χ0v) is 12.1. The van der Waals surface area contributed by atoms with Crippen molar-refractivity contribution in [2.45, 2.75) is 6.18 Å². The van der Waals surface area contributed by atoms with Gasteiger partial charge in [0, 0.05) is 11.8 Å². The Labute approximate surface area is 126 Å². The molecule has 0 aliphatic rings. The molecule has 0 fully saturated rings. The molecule has 0 unspecified atom stereocenters. The molecule has 7 heteroatoms. The summed E-state index contributed by atoms with van der Waals surface area (Å²) in [6.45, 7) is 0. The highest BCUT2D eigenvalue weighted by Gasteiger charge is 2.30. The number of hydrogen-bond donors (Lipinski definition) is 2. The number of nitrogen functional groups attached to an aromatic ring is 1. The lowest BCUT2D eigenvalue weighted by atomic mass is 10.2. The SMILES string of the molecule is Nc1cc(I)c(F)cc1Nc1cccc(C(F)(F)F)c1. The summed E-state index contributed by atoms with van der Waals surface area (Å²) in [5.74, 6) is -0.491. The number of nitrogens with two attached hydrogens (primary N) is 1. The van der Waals surface area contributed by atoms with Crippen LogP contribution in [0, 0.1) is 9.39 Å². The van der Waals surface area contributed by atoms with Crippen molar-refractivity contribution in [3.05, 3.63) is 51.3 Å². The van der Waals surface area contributed by atoms with E-state index in [4.69, 9.17) is 5.73 Å². The maximum atomic E-state index is 13.4. The minimum atomic E-state index is -4.43. The number of nitrogens with one attached hydrogen (secondary N) is 1. The van der Waals surface area contributed by atoms with Crippen LogP contribution in [0.5, 0.6) is 0 Å². The van der Waals surface area contributed by atoms with Crippen molar-refractivity contribution >= 4 is 39.7 Å². The van der Waals surface area contributed by atoms with Crippen LogP contribution < -0.4 is 11.1 Å². The highest BCUT2D eigenvalue weighted by Crippen LogP contribution is 2.32. The summed E-state index contributed by atoms with van der Waals surface area (Å²) in [5.41, 5.74) is 5.59. The summed E-state index contributed by atoms with van der Waals surface area (Å²) in [4.78, 5) is 0. The van der Waals surface area contributed by atoms with E-state index in [1.807, 2.05) is 0 Å². The minimum Gasteiger partial charge on any atom is -0.397 e. The Morgan fingerprint density at radius 2 is 1.80 bits per heavy atom. The molecule has 0 aliphatic heterocycles. The molecule has 2 rings (SSSR count). The van der Waals surface area contributed by atoms with E-state index in [9.17, 15) is 17.6 Å². The fourth-order valence-electron chi connectivity index (χ4n) is 1.60. The number of halogens is 5. The number of hydrogen-bond acceptors (Lipinski definition) is 2. The molecular weight excluding hydrogens is 387 g/mol. The monoisotopic (exact) mass is 396 g/mol. The quantitative estimate of drug-likeness (QED) is 0.436. The third-order valence-electron chi connectivity index (χ3n) is 2.56. The van der Waals surface area contributed by atoms with E-state index in [0.717, 1.165) is 18.2 Å². The van der Waals surface area contributed by atoms with Crippen molar-refractivity contribution in [3.8, 4) is 0 Å². The van der Waals surface area contributed by atoms with Crippen molar-refractivity contribution in [1.29, 1.82) is 0 Å². The van der Waals surface area contributed by atoms with E-state index >= 15 is 0 Å². The first-order valence-corrected chi connectivity index (χ1v) is 6.54. The third kappa shape index (κ3) is 3.33. The van der Waals surface area contributed by atoms with Gasteiger partial charge in [-0.2, -0.15) is 13.2 Å². The topological polar surface area (TPSA) is 38.0 Å². The molecule has 20 heavy (non-hydrogen) atoms.